The number of anilines is 1. The lowest BCUT2D eigenvalue weighted by Crippen LogP contribution is -2.19. The summed E-state index contributed by atoms with van der Waals surface area (Å²) in [5.74, 6) is 0.893. The third-order valence-electron chi connectivity index (χ3n) is 4.13. The van der Waals surface area contributed by atoms with Crippen LogP contribution in [0.3, 0.4) is 0 Å². The van der Waals surface area contributed by atoms with Crippen molar-refractivity contribution in [2.45, 2.75) is 51.5 Å². The quantitative estimate of drug-likeness (QED) is 0.787. The highest BCUT2D eigenvalue weighted by molar-refractivity contribution is 9.10. The summed E-state index contributed by atoms with van der Waals surface area (Å²) in [6.45, 7) is 2.29. The maximum absolute atomic E-state index is 9.17. The Morgan fingerprint density at radius 3 is 2.89 bits per heavy atom. The van der Waals surface area contributed by atoms with Crippen molar-refractivity contribution in [3.63, 3.8) is 0 Å². The number of hydrogen-bond donors (Lipinski definition) is 1. The third-order valence-corrected chi connectivity index (χ3v) is 4.62. The molecule has 3 heteroatoms. The van der Waals surface area contributed by atoms with Crippen LogP contribution in [-0.2, 0) is 0 Å². The molecule has 1 aromatic carbocycles. The number of benzene rings is 1. The molecule has 2 unspecified atom stereocenters. The van der Waals surface area contributed by atoms with Crippen molar-refractivity contribution < 1.29 is 0 Å². The Labute approximate surface area is 124 Å². The zero-order valence-electron chi connectivity index (χ0n) is 11.5. The maximum atomic E-state index is 9.17. The standard InChI is InChI=1S/C16H21BrN2/c1-2-12-4-3-5-15(9-6-12)19-16-10-14(17)8-7-13(16)11-18/h7-8,10,12,15,19H,2-6,9H2,1H3. The van der Waals surface area contributed by atoms with E-state index < -0.39 is 0 Å². The largest absolute Gasteiger partial charge is 0.381 e. The Morgan fingerprint density at radius 2 is 2.16 bits per heavy atom. The van der Waals surface area contributed by atoms with Crippen LogP contribution in [0.5, 0.6) is 0 Å². The van der Waals surface area contributed by atoms with Crippen molar-refractivity contribution in [3.8, 4) is 6.07 Å². The van der Waals surface area contributed by atoms with Crippen LogP contribution in [0.1, 0.15) is 51.0 Å². The van der Waals surface area contributed by atoms with E-state index in [-0.39, 0.29) is 0 Å². The zero-order chi connectivity index (χ0) is 13.7. The summed E-state index contributed by atoms with van der Waals surface area (Å²) in [5.41, 5.74) is 1.70. The van der Waals surface area contributed by atoms with Gasteiger partial charge in [0.1, 0.15) is 6.07 Å². The Balaban J connectivity index is 2.05. The minimum Gasteiger partial charge on any atom is -0.381 e. The number of halogens is 1. The molecule has 2 atom stereocenters. The van der Waals surface area contributed by atoms with Gasteiger partial charge in [0.2, 0.25) is 0 Å². The molecular weight excluding hydrogens is 300 g/mol. The van der Waals surface area contributed by atoms with Gasteiger partial charge in [-0.3, -0.25) is 0 Å². The Bertz CT molecular complexity index is 464. The highest BCUT2D eigenvalue weighted by Gasteiger charge is 2.18. The molecule has 0 radical (unpaired) electrons. The maximum Gasteiger partial charge on any atom is 0.101 e. The molecule has 102 valence electrons. The normalized spacial score (nSPS) is 23.4. The van der Waals surface area contributed by atoms with E-state index in [1.165, 1.54) is 38.5 Å². The fraction of sp³-hybridized carbons (Fsp3) is 0.562. The van der Waals surface area contributed by atoms with Gasteiger partial charge in [-0.25, -0.2) is 0 Å². The molecule has 1 fully saturated rings. The minimum atomic E-state index is 0.512. The first kappa shape index (κ1) is 14.4. The van der Waals surface area contributed by atoms with Gasteiger partial charge in [-0.2, -0.15) is 5.26 Å². The second-order valence-electron chi connectivity index (χ2n) is 5.43. The fourth-order valence-corrected chi connectivity index (χ4v) is 3.25. The average molecular weight is 321 g/mol. The van der Waals surface area contributed by atoms with E-state index in [2.05, 4.69) is 34.2 Å². The van der Waals surface area contributed by atoms with Gasteiger partial charge in [-0.1, -0.05) is 42.1 Å². The van der Waals surface area contributed by atoms with Gasteiger partial charge >= 0.3 is 0 Å². The van der Waals surface area contributed by atoms with Crippen LogP contribution >= 0.6 is 15.9 Å². The van der Waals surface area contributed by atoms with Gasteiger partial charge in [0, 0.05) is 10.5 Å². The molecule has 0 spiro atoms. The van der Waals surface area contributed by atoms with Crippen LogP contribution in [0.4, 0.5) is 5.69 Å². The molecular formula is C16H21BrN2. The second-order valence-corrected chi connectivity index (χ2v) is 6.34. The smallest absolute Gasteiger partial charge is 0.101 e. The topological polar surface area (TPSA) is 35.8 Å². The van der Waals surface area contributed by atoms with Crippen molar-refractivity contribution in [3.05, 3.63) is 28.2 Å². The number of nitriles is 1. The first-order chi connectivity index (χ1) is 9.22. The van der Waals surface area contributed by atoms with E-state index in [0.717, 1.165) is 21.6 Å². The van der Waals surface area contributed by atoms with Gasteiger partial charge in [-0.05, 0) is 43.4 Å². The summed E-state index contributed by atoms with van der Waals surface area (Å²) in [6.07, 6.45) is 7.70. The Morgan fingerprint density at radius 1 is 1.32 bits per heavy atom. The van der Waals surface area contributed by atoms with E-state index in [1.807, 2.05) is 18.2 Å². The van der Waals surface area contributed by atoms with Crippen molar-refractivity contribution in [2.75, 3.05) is 5.32 Å². The van der Waals surface area contributed by atoms with Gasteiger partial charge < -0.3 is 5.32 Å². The van der Waals surface area contributed by atoms with E-state index in [4.69, 9.17) is 5.26 Å². The van der Waals surface area contributed by atoms with E-state index >= 15 is 0 Å². The molecule has 0 aliphatic heterocycles. The SMILES string of the molecule is CCC1CCCC(Nc2cc(Br)ccc2C#N)CC1. The first-order valence-electron chi connectivity index (χ1n) is 7.19. The molecule has 2 rings (SSSR count). The number of hydrogen-bond acceptors (Lipinski definition) is 2. The fourth-order valence-electron chi connectivity index (χ4n) is 2.88. The molecule has 1 N–H and O–H groups in total. The summed E-state index contributed by atoms with van der Waals surface area (Å²) in [5, 5.41) is 12.7. The van der Waals surface area contributed by atoms with Gasteiger partial charge in [0.15, 0.2) is 0 Å². The lowest BCUT2D eigenvalue weighted by atomic mass is 9.98. The summed E-state index contributed by atoms with van der Waals surface area (Å²) in [6, 6.07) is 8.58. The molecule has 1 aliphatic carbocycles. The third kappa shape index (κ3) is 3.98. The second kappa shape index (κ2) is 6.96. The number of nitrogens with one attached hydrogen (secondary N) is 1. The molecule has 0 aromatic heterocycles. The van der Waals surface area contributed by atoms with E-state index in [0.29, 0.717) is 6.04 Å². The molecule has 0 bridgehead atoms. The summed E-state index contributed by atoms with van der Waals surface area (Å²) < 4.78 is 1.02. The van der Waals surface area contributed by atoms with Crippen LogP contribution in [-0.4, -0.2) is 6.04 Å². The molecule has 0 amide bonds. The zero-order valence-corrected chi connectivity index (χ0v) is 13.0. The van der Waals surface area contributed by atoms with E-state index in [9.17, 15) is 0 Å². The highest BCUT2D eigenvalue weighted by atomic mass is 79.9. The van der Waals surface area contributed by atoms with Crippen molar-refractivity contribution in [1.82, 2.24) is 0 Å². The van der Waals surface area contributed by atoms with Gasteiger partial charge in [-0.15, -0.1) is 0 Å². The van der Waals surface area contributed by atoms with Crippen LogP contribution in [0.2, 0.25) is 0 Å². The monoisotopic (exact) mass is 320 g/mol. The predicted octanol–water partition coefficient (Wildman–Crippen LogP) is 5.09. The van der Waals surface area contributed by atoms with Crippen molar-refractivity contribution >= 4 is 21.6 Å². The highest BCUT2D eigenvalue weighted by Crippen LogP contribution is 2.29. The first-order valence-corrected chi connectivity index (χ1v) is 7.98. The summed E-state index contributed by atoms with van der Waals surface area (Å²) >= 11 is 3.48. The minimum absolute atomic E-state index is 0.512. The molecule has 19 heavy (non-hydrogen) atoms. The molecule has 1 saturated carbocycles. The lowest BCUT2D eigenvalue weighted by molar-refractivity contribution is 0.444. The lowest BCUT2D eigenvalue weighted by Gasteiger charge is -2.19. The van der Waals surface area contributed by atoms with Crippen LogP contribution in [0, 0.1) is 17.2 Å². The molecule has 0 saturated heterocycles. The van der Waals surface area contributed by atoms with E-state index in [1.54, 1.807) is 0 Å². The van der Waals surface area contributed by atoms with Crippen molar-refractivity contribution in [2.24, 2.45) is 5.92 Å². The summed E-state index contributed by atoms with van der Waals surface area (Å²) in [4.78, 5) is 0. The molecule has 1 aliphatic rings. The summed E-state index contributed by atoms with van der Waals surface area (Å²) in [7, 11) is 0. The average Bonchev–Trinajstić information content (AvgIpc) is 2.64. The molecule has 2 nitrogen and oxygen atoms in total. The van der Waals surface area contributed by atoms with Gasteiger partial charge in [0.25, 0.3) is 0 Å². The number of nitrogens with zero attached hydrogens (tertiary/aromatic N) is 1. The predicted molar refractivity (Wildman–Crippen MR) is 83.1 cm³/mol. The van der Waals surface area contributed by atoms with Crippen LogP contribution in [0.25, 0.3) is 0 Å². The molecule has 1 aromatic rings. The van der Waals surface area contributed by atoms with Crippen LogP contribution in [0.15, 0.2) is 22.7 Å². The van der Waals surface area contributed by atoms with Crippen molar-refractivity contribution in [1.29, 1.82) is 5.26 Å². The van der Waals surface area contributed by atoms with Gasteiger partial charge in [0.05, 0.1) is 11.3 Å². The Hall–Kier alpha value is -1.01. The molecule has 0 heterocycles. The van der Waals surface area contributed by atoms with Crippen LogP contribution < -0.4 is 5.32 Å². The number of rotatable bonds is 3. The Kier molecular flexibility index (Phi) is 5.27.